The number of carbonyl (C=O) groups excluding carboxylic acids is 1. The van der Waals surface area contributed by atoms with Gasteiger partial charge in [-0.1, -0.05) is 35.3 Å². The Kier molecular flexibility index (Phi) is 7.76. The summed E-state index contributed by atoms with van der Waals surface area (Å²) >= 11 is 1.27. The Bertz CT molecular complexity index is 1700. The average Bonchev–Trinajstić information content (AvgIpc) is 3.34. The van der Waals surface area contributed by atoms with Crippen LogP contribution >= 0.6 is 11.3 Å². The van der Waals surface area contributed by atoms with Crippen LogP contribution in [0.25, 0.3) is 21.5 Å². The number of benzene rings is 2. The molecule has 9 nitrogen and oxygen atoms in total. The molecule has 2 N–H and O–H groups in total. The van der Waals surface area contributed by atoms with Gasteiger partial charge >= 0.3 is 12.3 Å². The van der Waals surface area contributed by atoms with E-state index in [1.807, 2.05) is 6.07 Å². The summed E-state index contributed by atoms with van der Waals surface area (Å²) in [5, 5.41) is 12.5. The zero-order chi connectivity index (χ0) is 29.1. The minimum atomic E-state index is -4.60. The SMILES string of the molecule is CC(=O)Nc1nc2c(Oc3cc(-c4ccc(C(F)(F)F)cc4C#CC4CCCCN4C(=O)O)ncn3)cccc2s1. The average molecular weight is 582 g/mol. The van der Waals surface area contributed by atoms with Gasteiger partial charge in [-0.3, -0.25) is 9.69 Å². The number of halogens is 3. The molecule has 0 bridgehead atoms. The first-order valence-corrected chi connectivity index (χ1v) is 13.3. The number of carbonyl (C=O) groups is 2. The molecule has 2 aromatic heterocycles. The fourth-order valence-corrected chi connectivity index (χ4v) is 5.31. The summed E-state index contributed by atoms with van der Waals surface area (Å²) in [7, 11) is 0. The van der Waals surface area contributed by atoms with Crippen LogP contribution in [0.2, 0.25) is 0 Å². The van der Waals surface area contributed by atoms with Crippen molar-refractivity contribution in [2.75, 3.05) is 11.9 Å². The summed E-state index contributed by atoms with van der Waals surface area (Å²) in [5.74, 6) is 5.86. The number of rotatable bonds is 4. The Hall–Kier alpha value is -4.70. The Morgan fingerprint density at radius 3 is 2.76 bits per heavy atom. The van der Waals surface area contributed by atoms with E-state index in [-0.39, 0.29) is 23.0 Å². The van der Waals surface area contributed by atoms with Gasteiger partial charge in [0.05, 0.1) is 22.0 Å². The first kappa shape index (κ1) is 27.9. The summed E-state index contributed by atoms with van der Waals surface area (Å²) in [6, 6.07) is 9.23. The highest BCUT2D eigenvalue weighted by atomic mass is 32.1. The number of anilines is 1. The van der Waals surface area contributed by atoms with Crippen molar-refractivity contribution >= 4 is 38.7 Å². The summed E-state index contributed by atoms with van der Waals surface area (Å²) in [5.41, 5.74) is 0.214. The number of nitrogens with zero attached hydrogens (tertiary/aromatic N) is 4. The van der Waals surface area contributed by atoms with Crippen LogP contribution in [0.3, 0.4) is 0 Å². The van der Waals surface area contributed by atoms with Crippen LogP contribution < -0.4 is 10.1 Å². The molecule has 2 aromatic carbocycles. The van der Waals surface area contributed by atoms with Crippen molar-refractivity contribution in [3.05, 3.63) is 59.9 Å². The van der Waals surface area contributed by atoms with Crippen molar-refractivity contribution in [3.63, 3.8) is 0 Å². The van der Waals surface area contributed by atoms with Gasteiger partial charge in [-0.15, -0.1) is 0 Å². The number of likely N-dealkylation sites (tertiary alicyclic amines) is 1. The molecule has 5 rings (SSSR count). The molecule has 3 heterocycles. The van der Waals surface area contributed by atoms with Crippen LogP contribution in [-0.2, 0) is 11.0 Å². The van der Waals surface area contributed by atoms with E-state index >= 15 is 0 Å². The fourth-order valence-electron chi connectivity index (χ4n) is 4.38. The van der Waals surface area contributed by atoms with Crippen molar-refractivity contribution in [1.29, 1.82) is 0 Å². The third-order valence-corrected chi connectivity index (χ3v) is 7.20. The molecular formula is C28H22F3N5O4S. The fraction of sp³-hybridized carbons (Fsp3) is 0.250. The zero-order valence-electron chi connectivity index (χ0n) is 21.5. The molecule has 13 heteroatoms. The summed E-state index contributed by atoms with van der Waals surface area (Å²) < 4.78 is 47.4. The number of aromatic nitrogens is 3. The number of hydrogen-bond acceptors (Lipinski definition) is 7. The Morgan fingerprint density at radius 1 is 1.17 bits per heavy atom. The van der Waals surface area contributed by atoms with Gasteiger partial charge in [0.15, 0.2) is 10.9 Å². The van der Waals surface area contributed by atoms with E-state index in [1.165, 1.54) is 41.6 Å². The van der Waals surface area contributed by atoms with Crippen LogP contribution in [0.1, 0.15) is 37.3 Å². The molecule has 0 spiro atoms. The molecule has 41 heavy (non-hydrogen) atoms. The summed E-state index contributed by atoms with van der Waals surface area (Å²) in [4.78, 5) is 37.0. The Balaban J connectivity index is 1.51. The number of fused-ring (bicyclic) bond motifs is 1. The van der Waals surface area contributed by atoms with Crippen molar-refractivity contribution in [1.82, 2.24) is 19.9 Å². The topological polar surface area (TPSA) is 118 Å². The number of amides is 2. The summed E-state index contributed by atoms with van der Waals surface area (Å²) in [6.45, 7) is 1.69. The van der Waals surface area contributed by atoms with E-state index in [1.54, 1.807) is 12.1 Å². The number of hydrogen-bond donors (Lipinski definition) is 2. The van der Waals surface area contributed by atoms with Crippen molar-refractivity contribution < 1.29 is 32.6 Å². The minimum Gasteiger partial charge on any atom is -0.465 e. The van der Waals surface area contributed by atoms with Gasteiger partial charge in [0.25, 0.3) is 0 Å². The van der Waals surface area contributed by atoms with Crippen molar-refractivity contribution in [2.45, 2.75) is 38.4 Å². The molecule has 1 unspecified atom stereocenters. The monoisotopic (exact) mass is 581 g/mol. The second-order valence-electron chi connectivity index (χ2n) is 9.16. The van der Waals surface area contributed by atoms with E-state index < -0.39 is 23.9 Å². The molecule has 1 saturated heterocycles. The van der Waals surface area contributed by atoms with Crippen molar-refractivity contribution in [3.8, 4) is 34.7 Å². The van der Waals surface area contributed by atoms with Gasteiger partial charge in [-0.25, -0.2) is 19.7 Å². The lowest BCUT2D eigenvalue weighted by molar-refractivity contribution is -0.137. The number of thiazole rings is 1. The third kappa shape index (κ3) is 6.38. The second-order valence-corrected chi connectivity index (χ2v) is 10.2. The zero-order valence-corrected chi connectivity index (χ0v) is 22.3. The maximum Gasteiger partial charge on any atom is 0.416 e. The molecule has 2 amide bonds. The molecule has 0 saturated carbocycles. The predicted octanol–water partition coefficient (Wildman–Crippen LogP) is 6.41. The molecule has 1 aliphatic rings. The maximum atomic E-state index is 13.6. The molecule has 4 aromatic rings. The van der Waals surface area contributed by atoms with Crippen LogP contribution in [0, 0.1) is 11.8 Å². The highest BCUT2D eigenvalue weighted by molar-refractivity contribution is 7.22. The van der Waals surface area contributed by atoms with Gasteiger partial charge in [0, 0.05) is 30.7 Å². The largest absolute Gasteiger partial charge is 0.465 e. The van der Waals surface area contributed by atoms with Gasteiger partial charge in [0.1, 0.15) is 11.8 Å². The van der Waals surface area contributed by atoms with E-state index in [0.717, 1.165) is 23.3 Å². The minimum absolute atomic E-state index is 0.0435. The smallest absolute Gasteiger partial charge is 0.416 e. The highest BCUT2D eigenvalue weighted by Gasteiger charge is 2.31. The second kappa shape index (κ2) is 11.4. The maximum absolute atomic E-state index is 13.6. The number of para-hydroxylation sites is 1. The van der Waals surface area contributed by atoms with E-state index in [0.29, 0.717) is 41.3 Å². The number of alkyl halides is 3. The summed E-state index contributed by atoms with van der Waals surface area (Å²) in [6.07, 6.45) is -2.54. The first-order valence-electron chi connectivity index (χ1n) is 12.5. The Morgan fingerprint density at radius 2 is 2.00 bits per heavy atom. The van der Waals surface area contributed by atoms with E-state index in [4.69, 9.17) is 4.74 Å². The van der Waals surface area contributed by atoms with Gasteiger partial charge < -0.3 is 15.2 Å². The molecular weight excluding hydrogens is 559 g/mol. The van der Waals surface area contributed by atoms with Crippen LogP contribution in [0.4, 0.5) is 23.1 Å². The quantitative estimate of drug-likeness (QED) is 0.268. The van der Waals surface area contributed by atoms with Crippen molar-refractivity contribution in [2.24, 2.45) is 0 Å². The standard InChI is InChI=1S/C28H22F3N5O4S/c1-16(37)34-26-35-25-22(6-4-7-23(25)41-26)40-24-14-21(32-15-33-24)20-11-9-18(28(29,30)31)13-17(20)8-10-19-5-2-3-12-36(19)27(38)39/h4,6-7,9,11,13-15,19H,2-3,5,12H2,1H3,(H,38,39)(H,34,35,37). The highest BCUT2D eigenvalue weighted by Crippen LogP contribution is 2.36. The normalized spacial score (nSPS) is 15.2. The van der Waals surface area contributed by atoms with Gasteiger partial charge in [-0.2, -0.15) is 13.2 Å². The number of ether oxygens (including phenoxy) is 1. The van der Waals surface area contributed by atoms with Crippen LogP contribution in [-0.4, -0.2) is 49.5 Å². The molecule has 1 aliphatic heterocycles. The lowest BCUT2D eigenvalue weighted by Gasteiger charge is -2.29. The third-order valence-electron chi connectivity index (χ3n) is 6.27. The molecule has 1 fully saturated rings. The lowest BCUT2D eigenvalue weighted by Crippen LogP contribution is -2.42. The lowest BCUT2D eigenvalue weighted by atomic mass is 9.99. The molecule has 0 radical (unpaired) electrons. The predicted molar refractivity (Wildman–Crippen MR) is 146 cm³/mol. The van der Waals surface area contributed by atoms with Crippen LogP contribution in [0.5, 0.6) is 11.6 Å². The molecule has 0 aliphatic carbocycles. The van der Waals surface area contributed by atoms with Crippen LogP contribution in [0.15, 0.2) is 48.8 Å². The van der Waals surface area contributed by atoms with E-state index in [9.17, 15) is 27.9 Å². The molecule has 210 valence electrons. The number of piperidine rings is 1. The Labute approximate surface area is 236 Å². The van der Waals surface area contributed by atoms with E-state index in [2.05, 4.69) is 32.1 Å². The van der Waals surface area contributed by atoms with Gasteiger partial charge in [-0.05, 0) is 43.5 Å². The number of nitrogens with one attached hydrogen (secondary N) is 1. The first-order chi connectivity index (χ1) is 19.6. The van der Waals surface area contributed by atoms with Gasteiger partial charge in [0.2, 0.25) is 11.8 Å². The number of carboxylic acid groups (broad SMARTS) is 1. The molecule has 1 atom stereocenters.